The molecule has 0 nitrogen and oxygen atoms in total. The van der Waals surface area contributed by atoms with E-state index < -0.39 is 0 Å². The molecule has 0 heterocycles. The topological polar surface area (TPSA) is 0 Å². The number of rotatable bonds is 2. The Kier molecular flexibility index (Phi) is 13.5. The Balaban J connectivity index is 0.000000423. The molecule has 0 radical (unpaired) electrons. The van der Waals surface area contributed by atoms with Crippen LogP contribution in [0.25, 0.3) is 21.5 Å². The van der Waals surface area contributed by atoms with Gasteiger partial charge in [-0.15, -0.1) is 46.2 Å². The number of benzene rings is 2. The first-order valence-corrected chi connectivity index (χ1v) is 10.1. The predicted molar refractivity (Wildman–Crippen MR) is 113 cm³/mol. The van der Waals surface area contributed by atoms with Crippen LogP contribution in [0.15, 0.2) is 72.8 Å². The maximum atomic E-state index is 2.99. The van der Waals surface area contributed by atoms with E-state index in [0.717, 1.165) is 18.3 Å². The Morgan fingerprint density at radius 3 is 1.61 bits per heavy atom. The molecule has 1 aliphatic rings. The monoisotopic (exact) mass is 446 g/mol. The minimum Gasteiger partial charge on any atom is -1.00 e. The van der Waals surface area contributed by atoms with Gasteiger partial charge in [-0.05, 0) is 0 Å². The Morgan fingerprint density at radius 1 is 0.857 bits per heavy atom. The summed E-state index contributed by atoms with van der Waals surface area (Å²) in [6, 6.07) is 19.3. The summed E-state index contributed by atoms with van der Waals surface area (Å²) in [5.41, 5.74) is 0. The SMILES string of the molecule is CC(C)[C](=[Ti+2])C(C)C.[C-]1=CC=CC1.[Cl-].[Cl-].c1ccc2c(c1)[cH-]c1ccccc12. The summed E-state index contributed by atoms with van der Waals surface area (Å²) in [6.45, 7) is 8.98. The van der Waals surface area contributed by atoms with Gasteiger partial charge in [-0.2, -0.15) is 6.08 Å². The summed E-state index contributed by atoms with van der Waals surface area (Å²) in [7, 11) is 0. The Bertz CT molecular complexity index is 831. The molecule has 1 aliphatic carbocycles. The summed E-state index contributed by atoms with van der Waals surface area (Å²) in [4.78, 5) is 0. The first kappa shape index (κ1) is 27.0. The van der Waals surface area contributed by atoms with E-state index in [1.54, 1.807) is 3.81 Å². The van der Waals surface area contributed by atoms with Crippen molar-refractivity contribution in [2.45, 2.75) is 34.1 Å². The van der Waals surface area contributed by atoms with Crippen LogP contribution in [0.1, 0.15) is 34.1 Å². The van der Waals surface area contributed by atoms with Gasteiger partial charge in [0, 0.05) is 0 Å². The molecule has 0 spiro atoms. The van der Waals surface area contributed by atoms with E-state index in [-0.39, 0.29) is 24.8 Å². The standard InChI is InChI=1S/C13H9.C7H14.C5H5.2ClH.Ti/c1-3-7-12-10(5-1)9-11-6-2-4-8-13(11)12;1-6(2)5-7(3)4;1-2-4-5-3-1;;;/h1-9H;6-7H,1-4H3;1-3H,4H2;2*1H;/q-1;;-1;;;+2/p-2. The summed E-state index contributed by atoms with van der Waals surface area (Å²) >= 11 is 2.23. The molecule has 3 aromatic carbocycles. The molecule has 0 aromatic heterocycles. The van der Waals surface area contributed by atoms with Crippen molar-refractivity contribution in [3.8, 4) is 0 Å². The van der Waals surface area contributed by atoms with E-state index in [2.05, 4.69) is 114 Å². The molecule has 0 atom stereocenters. The van der Waals surface area contributed by atoms with Crippen LogP contribution in [0.4, 0.5) is 0 Å². The van der Waals surface area contributed by atoms with Gasteiger partial charge in [0.2, 0.25) is 0 Å². The molecule has 0 N–H and O–H groups in total. The summed E-state index contributed by atoms with van der Waals surface area (Å²) < 4.78 is 1.60. The first-order chi connectivity index (χ1) is 12.5. The van der Waals surface area contributed by atoms with E-state index >= 15 is 0 Å². The molecule has 3 aromatic rings. The Morgan fingerprint density at radius 2 is 1.32 bits per heavy atom. The third-order valence-electron chi connectivity index (χ3n) is 4.35. The average Bonchev–Trinajstić information content (AvgIpc) is 3.32. The average molecular weight is 447 g/mol. The number of hydrogen-bond donors (Lipinski definition) is 0. The third-order valence-corrected chi connectivity index (χ3v) is 6.16. The first-order valence-electron chi connectivity index (χ1n) is 9.34. The summed E-state index contributed by atoms with van der Waals surface area (Å²) in [6.07, 6.45) is 10.0. The van der Waals surface area contributed by atoms with Crippen molar-refractivity contribution >= 4 is 25.4 Å². The molecule has 0 saturated heterocycles. The smallest absolute Gasteiger partial charge is 0.0771 e. The van der Waals surface area contributed by atoms with Crippen LogP contribution in [-0.2, 0) is 20.0 Å². The quantitative estimate of drug-likeness (QED) is 0.407. The second-order valence-corrected chi connectivity index (χ2v) is 7.99. The molecule has 148 valence electrons. The van der Waals surface area contributed by atoms with Crippen molar-refractivity contribution in [2.75, 3.05) is 0 Å². The number of fused-ring (bicyclic) bond motifs is 3. The van der Waals surface area contributed by atoms with Gasteiger partial charge < -0.3 is 24.8 Å². The largest absolute Gasteiger partial charge is 1.00 e. The predicted octanol–water partition coefficient (Wildman–Crippen LogP) is 1.04. The van der Waals surface area contributed by atoms with Crippen LogP contribution < -0.4 is 24.8 Å². The van der Waals surface area contributed by atoms with Crippen molar-refractivity contribution in [1.29, 1.82) is 0 Å². The normalized spacial score (nSPS) is 11.4. The van der Waals surface area contributed by atoms with Gasteiger partial charge in [0.05, 0.1) is 0 Å². The van der Waals surface area contributed by atoms with Crippen LogP contribution in [0.2, 0.25) is 0 Å². The van der Waals surface area contributed by atoms with Crippen molar-refractivity contribution in [3.05, 3.63) is 78.9 Å². The van der Waals surface area contributed by atoms with E-state index in [4.69, 9.17) is 0 Å². The van der Waals surface area contributed by atoms with Crippen LogP contribution in [0.5, 0.6) is 0 Å². The van der Waals surface area contributed by atoms with Gasteiger partial charge >= 0.3 is 63.3 Å². The molecule has 0 bridgehead atoms. The number of allylic oxidation sites excluding steroid dienone is 4. The molecule has 0 fully saturated rings. The molecule has 4 rings (SSSR count). The Labute approximate surface area is 194 Å². The molecule has 0 amide bonds. The second kappa shape index (κ2) is 14.0. The molecule has 3 heteroatoms. The Hall–Kier alpha value is -1.05. The van der Waals surface area contributed by atoms with E-state index in [1.807, 2.05) is 12.2 Å². The minimum atomic E-state index is 0. The van der Waals surface area contributed by atoms with Crippen molar-refractivity contribution in [3.63, 3.8) is 0 Å². The van der Waals surface area contributed by atoms with Gasteiger partial charge in [-0.1, -0.05) is 36.4 Å². The van der Waals surface area contributed by atoms with E-state index in [0.29, 0.717) is 0 Å². The minimum absolute atomic E-state index is 0. The number of hydrogen-bond acceptors (Lipinski definition) is 0. The molecule has 28 heavy (non-hydrogen) atoms. The zero-order chi connectivity index (χ0) is 18.9. The fourth-order valence-electron chi connectivity index (χ4n) is 2.91. The van der Waals surface area contributed by atoms with Gasteiger partial charge in [0.25, 0.3) is 0 Å². The van der Waals surface area contributed by atoms with Gasteiger partial charge in [0.1, 0.15) is 0 Å². The summed E-state index contributed by atoms with van der Waals surface area (Å²) in [5, 5.41) is 5.39. The fourth-order valence-corrected chi connectivity index (χ4v) is 2.91. The molecular weight excluding hydrogens is 419 g/mol. The van der Waals surface area contributed by atoms with Gasteiger partial charge in [0.15, 0.2) is 0 Å². The number of halogens is 2. The maximum Gasteiger partial charge on any atom is -0.0771 e. The fraction of sp³-hybridized carbons (Fsp3) is 0.280. The van der Waals surface area contributed by atoms with E-state index in [9.17, 15) is 0 Å². The van der Waals surface area contributed by atoms with Crippen LogP contribution in [0.3, 0.4) is 0 Å². The molecular formula is C25H28Cl2Ti-2. The van der Waals surface area contributed by atoms with Gasteiger partial charge in [-0.25, -0.2) is 12.2 Å². The van der Waals surface area contributed by atoms with Gasteiger partial charge in [-0.3, -0.25) is 6.08 Å². The molecule has 0 saturated carbocycles. The van der Waals surface area contributed by atoms with E-state index in [1.165, 1.54) is 21.5 Å². The maximum absolute atomic E-state index is 2.99. The van der Waals surface area contributed by atoms with Crippen LogP contribution >= 0.6 is 0 Å². The van der Waals surface area contributed by atoms with Crippen LogP contribution in [0, 0.1) is 17.9 Å². The second-order valence-electron chi connectivity index (χ2n) is 7.09. The zero-order valence-corrected chi connectivity index (χ0v) is 20.1. The third kappa shape index (κ3) is 8.14. The summed E-state index contributed by atoms with van der Waals surface area (Å²) in [5.74, 6) is 1.52. The molecule has 0 unspecified atom stereocenters. The van der Waals surface area contributed by atoms with Crippen molar-refractivity contribution in [1.82, 2.24) is 0 Å². The van der Waals surface area contributed by atoms with Crippen molar-refractivity contribution in [2.24, 2.45) is 11.8 Å². The molecule has 0 aliphatic heterocycles. The van der Waals surface area contributed by atoms with Crippen molar-refractivity contribution < 1.29 is 44.8 Å². The zero-order valence-electron chi connectivity index (χ0n) is 17.0. The van der Waals surface area contributed by atoms with Crippen LogP contribution in [-0.4, -0.2) is 3.81 Å².